The molecule has 0 bridgehead atoms. The van der Waals surface area contributed by atoms with E-state index in [2.05, 4.69) is 37.9 Å². The van der Waals surface area contributed by atoms with E-state index in [0.29, 0.717) is 6.04 Å². The minimum atomic E-state index is 0.636. The number of nitrogen functional groups attached to an aromatic ring is 1. The highest BCUT2D eigenvalue weighted by Gasteiger charge is 2.08. The van der Waals surface area contributed by atoms with Crippen LogP contribution in [0.5, 0.6) is 0 Å². The van der Waals surface area contributed by atoms with Crippen molar-refractivity contribution in [3.8, 4) is 0 Å². The second-order valence-corrected chi connectivity index (χ2v) is 4.30. The summed E-state index contributed by atoms with van der Waals surface area (Å²) in [6, 6.07) is 8.76. The second-order valence-electron chi connectivity index (χ2n) is 4.30. The maximum atomic E-state index is 5.75. The first kappa shape index (κ1) is 12.1. The quantitative estimate of drug-likeness (QED) is 0.751. The Kier molecular flexibility index (Phi) is 4.63. The molecule has 0 spiro atoms. The first-order valence-electron chi connectivity index (χ1n) is 5.68. The summed E-state index contributed by atoms with van der Waals surface area (Å²) in [5.41, 5.74) is 7.89. The fourth-order valence-corrected chi connectivity index (χ4v) is 1.77. The van der Waals surface area contributed by atoms with Crippen LogP contribution >= 0.6 is 0 Å². The van der Waals surface area contributed by atoms with Gasteiger partial charge in [-0.3, -0.25) is 4.90 Å². The number of benzene rings is 1. The van der Waals surface area contributed by atoms with E-state index in [9.17, 15) is 0 Å². The Hall–Kier alpha value is -1.02. The van der Waals surface area contributed by atoms with Crippen molar-refractivity contribution in [1.29, 1.82) is 0 Å². The number of anilines is 1. The fourth-order valence-electron chi connectivity index (χ4n) is 1.77. The topological polar surface area (TPSA) is 29.3 Å². The summed E-state index contributed by atoms with van der Waals surface area (Å²) in [4.78, 5) is 2.37. The highest BCUT2D eigenvalue weighted by atomic mass is 15.1. The lowest BCUT2D eigenvalue weighted by Crippen LogP contribution is -2.28. The summed E-state index contributed by atoms with van der Waals surface area (Å²) in [6.45, 7) is 5.48. The lowest BCUT2D eigenvalue weighted by Gasteiger charge is -2.24. The Labute approximate surface area is 93.1 Å². The molecule has 2 N–H and O–H groups in total. The van der Waals surface area contributed by atoms with Gasteiger partial charge in [-0.05, 0) is 38.1 Å². The van der Waals surface area contributed by atoms with Crippen LogP contribution in [0.3, 0.4) is 0 Å². The van der Waals surface area contributed by atoms with E-state index in [-0.39, 0.29) is 0 Å². The SMILES string of the molecule is CCCC(C)N(C)Cc1cccc(N)c1. The molecular formula is C13H22N2. The summed E-state index contributed by atoms with van der Waals surface area (Å²) in [6.07, 6.45) is 2.49. The summed E-state index contributed by atoms with van der Waals surface area (Å²) < 4.78 is 0. The Morgan fingerprint density at radius 3 is 2.73 bits per heavy atom. The normalized spacial score (nSPS) is 13.1. The van der Waals surface area contributed by atoms with Crippen molar-refractivity contribution in [2.75, 3.05) is 12.8 Å². The minimum Gasteiger partial charge on any atom is -0.399 e. The Morgan fingerprint density at radius 1 is 1.40 bits per heavy atom. The van der Waals surface area contributed by atoms with E-state index in [4.69, 9.17) is 5.73 Å². The molecule has 84 valence electrons. The molecule has 0 aliphatic carbocycles. The van der Waals surface area contributed by atoms with Crippen LogP contribution in [0.2, 0.25) is 0 Å². The van der Waals surface area contributed by atoms with Crippen LogP contribution in [-0.4, -0.2) is 18.0 Å². The molecule has 2 heteroatoms. The van der Waals surface area contributed by atoms with Crippen molar-refractivity contribution in [3.63, 3.8) is 0 Å². The van der Waals surface area contributed by atoms with Gasteiger partial charge in [0.05, 0.1) is 0 Å². The van der Waals surface area contributed by atoms with Crippen molar-refractivity contribution < 1.29 is 0 Å². The largest absolute Gasteiger partial charge is 0.399 e. The number of nitrogens with two attached hydrogens (primary N) is 1. The molecule has 0 aliphatic rings. The third-order valence-corrected chi connectivity index (χ3v) is 2.84. The Bertz CT molecular complexity index is 296. The van der Waals surface area contributed by atoms with E-state index in [1.165, 1.54) is 18.4 Å². The fraction of sp³-hybridized carbons (Fsp3) is 0.538. The molecule has 0 fully saturated rings. The van der Waals surface area contributed by atoms with E-state index in [1.807, 2.05) is 12.1 Å². The molecule has 0 saturated heterocycles. The van der Waals surface area contributed by atoms with Crippen molar-refractivity contribution in [2.24, 2.45) is 0 Å². The van der Waals surface area contributed by atoms with Crippen LogP contribution in [0, 0.1) is 0 Å². The first-order valence-corrected chi connectivity index (χ1v) is 5.68. The molecule has 1 atom stereocenters. The summed E-state index contributed by atoms with van der Waals surface area (Å²) >= 11 is 0. The van der Waals surface area contributed by atoms with Gasteiger partial charge < -0.3 is 5.73 Å². The van der Waals surface area contributed by atoms with E-state index in [1.54, 1.807) is 0 Å². The molecule has 2 nitrogen and oxygen atoms in total. The predicted molar refractivity (Wildman–Crippen MR) is 66.7 cm³/mol. The Morgan fingerprint density at radius 2 is 2.13 bits per heavy atom. The van der Waals surface area contributed by atoms with Crippen LogP contribution in [0.25, 0.3) is 0 Å². The average Bonchev–Trinajstić information content (AvgIpc) is 2.18. The molecule has 0 aromatic heterocycles. The lowest BCUT2D eigenvalue weighted by atomic mass is 10.1. The van der Waals surface area contributed by atoms with Gasteiger partial charge in [-0.15, -0.1) is 0 Å². The van der Waals surface area contributed by atoms with Crippen LogP contribution in [-0.2, 0) is 6.54 Å². The molecule has 15 heavy (non-hydrogen) atoms. The molecular weight excluding hydrogens is 184 g/mol. The minimum absolute atomic E-state index is 0.636. The zero-order valence-electron chi connectivity index (χ0n) is 10.0. The van der Waals surface area contributed by atoms with Gasteiger partial charge in [-0.1, -0.05) is 25.5 Å². The van der Waals surface area contributed by atoms with E-state index in [0.717, 1.165) is 12.2 Å². The monoisotopic (exact) mass is 206 g/mol. The molecule has 1 aromatic carbocycles. The molecule has 1 rings (SSSR count). The van der Waals surface area contributed by atoms with Crippen molar-refractivity contribution >= 4 is 5.69 Å². The molecule has 0 saturated carbocycles. The van der Waals surface area contributed by atoms with Crippen molar-refractivity contribution in [3.05, 3.63) is 29.8 Å². The van der Waals surface area contributed by atoms with Crippen LogP contribution < -0.4 is 5.73 Å². The second kappa shape index (κ2) is 5.76. The Balaban J connectivity index is 2.54. The third-order valence-electron chi connectivity index (χ3n) is 2.84. The number of rotatable bonds is 5. The standard InChI is InChI=1S/C13H22N2/c1-4-6-11(2)15(3)10-12-7-5-8-13(14)9-12/h5,7-9,11H,4,6,10,14H2,1-3H3. The zero-order valence-corrected chi connectivity index (χ0v) is 10.0. The van der Waals surface area contributed by atoms with Gasteiger partial charge >= 0.3 is 0 Å². The number of hydrogen-bond donors (Lipinski definition) is 1. The first-order chi connectivity index (χ1) is 7.13. The highest BCUT2D eigenvalue weighted by Crippen LogP contribution is 2.12. The summed E-state index contributed by atoms with van der Waals surface area (Å²) in [7, 11) is 2.17. The molecule has 1 unspecified atom stereocenters. The van der Waals surface area contributed by atoms with Crippen LogP contribution in [0.1, 0.15) is 32.3 Å². The van der Waals surface area contributed by atoms with E-state index < -0.39 is 0 Å². The molecule has 0 aliphatic heterocycles. The smallest absolute Gasteiger partial charge is 0.0317 e. The highest BCUT2D eigenvalue weighted by molar-refractivity contribution is 5.40. The van der Waals surface area contributed by atoms with Gasteiger partial charge in [-0.25, -0.2) is 0 Å². The van der Waals surface area contributed by atoms with Gasteiger partial charge in [-0.2, -0.15) is 0 Å². The van der Waals surface area contributed by atoms with Crippen molar-refractivity contribution in [1.82, 2.24) is 4.90 Å². The van der Waals surface area contributed by atoms with Gasteiger partial charge in [0.1, 0.15) is 0 Å². The van der Waals surface area contributed by atoms with Crippen molar-refractivity contribution in [2.45, 2.75) is 39.3 Å². The van der Waals surface area contributed by atoms with Gasteiger partial charge in [0.2, 0.25) is 0 Å². The average molecular weight is 206 g/mol. The summed E-state index contributed by atoms with van der Waals surface area (Å²) in [5.74, 6) is 0. The lowest BCUT2D eigenvalue weighted by molar-refractivity contribution is 0.237. The molecule has 0 amide bonds. The molecule has 0 radical (unpaired) electrons. The maximum absolute atomic E-state index is 5.75. The van der Waals surface area contributed by atoms with Gasteiger partial charge in [0.15, 0.2) is 0 Å². The number of hydrogen-bond acceptors (Lipinski definition) is 2. The van der Waals surface area contributed by atoms with Gasteiger partial charge in [0.25, 0.3) is 0 Å². The van der Waals surface area contributed by atoms with Gasteiger partial charge in [0, 0.05) is 18.3 Å². The molecule has 1 aromatic rings. The predicted octanol–water partition coefficient (Wildman–Crippen LogP) is 2.89. The van der Waals surface area contributed by atoms with Crippen LogP contribution in [0.15, 0.2) is 24.3 Å². The molecule has 0 heterocycles. The zero-order chi connectivity index (χ0) is 11.3. The number of nitrogens with zero attached hydrogens (tertiary/aromatic N) is 1. The van der Waals surface area contributed by atoms with Crippen LogP contribution in [0.4, 0.5) is 5.69 Å². The van der Waals surface area contributed by atoms with E-state index >= 15 is 0 Å². The maximum Gasteiger partial charge on any atom is 0.0317 e. The third kappa shape index (κ3) is 3.92. The summed E-state index contributed by atoms with van der Waals surface area (Å²) in [5, 5.41) is 0.